The van der Waals surface area contributed by atoms with Gasteiger partial charge in [0.25, 0.3) is 0 Å². The minimum Gasteiger partial charge on any atom is -0.346 e. The first kappa shape index (κ1) is 14.1. The maximum absolute atomic E-state index is 12.8. The molecule has 0 atom stereocenters. The Balaban J connectivity index is 1.67. The molecule has 0 unspecified atom stereocenters. The summed E-state index contributed by atoms with van der Waals surface area (Å²) in [6, 6.07) is 13.6. The molecule has 1 aliphatic rings. The van der Waals surface area contributed by atoms with E-state index in [1.807, 2.05) is 24.3 Å². The van der Waals surface area contributed by atoms with Gasteiger partial charge < -0.3 is 5.32 Å². The fourth-order valence-corrected chi connectivity index (χ4v) is 2.60. The van der Waals surface area contributed by atoms with E-state index in [4.69, 9.17) is 11.6 Å². The van der Waals surface area contributed by atoms with Crippen molar-refractivity contribution in [3.63, 3.8) is 0 Å². The summed E-state index contributed by atoms with van der Waals surface area (Å²) >= 11 is 5.89. The summed E-state index contributed by atoms with van der Waals surface area (Å²) in [6.07, 6.45) is 2.13. The molecular formula is C17H15ClFNO. The van der Waals surface area contributed by atoms with Crippen LogP contribution in [0.3, 0.4) is 0 Å². The third kappa shape index (κ3) is 3.24. The Kier molecular flexibility index (Phi) is 3.68. The van der Waals surface area contributed by atoms with Crippen LogP contribution in [0.2, 0.25) is 5.02 Å². The van der Waals surface area contributed by atoms with Crippen molar-refractivity contribution in [1.29, 1.82) is 0 Å². The Morgan fingerprint density at radius 3 is 2.29 bits per heavy atom. The Morgan fingerprint density at radius 2 is 1.71 bits per heavy atom. The lowest BCUT2D eigenvalue weighted by Crippen LogP contribution is -2.35. The smallest absolute Gasteiger partial charge is 0.225 e. The minimum atomic E-state index is -0.293. The first-order valence-corrected chi connectivity index (χ1v) is 7.27. The summed E-state index contributed by atoms with van der Waals surface area (Å²) in [4.78, 5) is 12.2. The van der Waals surface area contributed by atoms with Crippen LogP contribution in [-0.2, 0) is 16.8 Å². The summed E-state index contributed by atoms with van der Waals surface area (Å²) in [6.45, 7) is 0. The van der Waals surface area contributed by atoms with Crippen LogP contribution in [0, 0.1) is 5.82 Å². The zero-order chi connectivity index (χ0) is 14.9. The molecule has 0 aliphatic heterocycles. The average molecular weight is 304 g/mol. The quantitative estimate of drug-likeness (QED) is 0.914. The molecule has 0 saturated heterocycles. The van der Waals surface area contributed by atoms with Crippen LogP contribution < -0.4 is 5.32 Å². The van der Waals surface area contributed by atoms with Crippen molar-refractivity contribution >= 4 is 17.5 Å². The molecule has 0 heterocycles. The molecule has 2 nitrogen and oxygen atoms in total. The number of amides is 1. The van der Waals surface area contributed by atoms with Gasteiger partial charge in [0.15, 0.2) is 0 Å². The van der Waals surface area contributed by atoms with Crippen LogP contribution in [0.4, 0.5) is 4.39 Å². The molecule has 1 amide bonds. The van der Waals surface area contributed by atoms with Crippen LogP contribution in [0.5, 0.6) is 0 Å². The van der Waals surface area contributed by atoms with Crippen molar-refractivity contribution in [2.45, 2.75) is 24.8 Å². The van der Waals surface area contributed by atoms with E-state index in [-0.39, 0.29) is 23.7 Å². The third-order valence-electron chi connectivity index (χ3n) is 3.80. The number of carbonyl (C=O) groups is 1. The highest BCUT2D eigenvalue weighted by atomic mass is 35.5. The highest BCUT2D eigenvalue weighted by Crippen LogP contribution is 2.45. The molecule has 1 fully saturated rings. The topological polar surface area (TPSA) is 29.1 Å². The molecule has 0 spiro atoms. The van der Waals surface area contributed by atoms with E-state index in [1.54, 1.807) is 12.1 Å². The van der Waals surface area contributed by atoms with Gasteiger partial charge in [-0.15, -0.1) is 0 Å². The van der Waals surface area contributed by atoms with Crippen molar-refractivity contribution in [2.75, 3.05) is 0 Å². The van der Waals surface area contributed by atoms with Crippen LogP contribution in [0.1, 0.15) is 24.0 Å². The van der Waals surface area contributed by atoms with E-state index >= 15 is 0 Å². The number of hydrogen-bond donors (Lipinski definition) is 1. The largest absolute Gasteiger partial charge is 0.346 e. The Morgan fingerprint density at radius 1 is 1.10 bits per heavy atom. The molecule has 2 aromatic carbocycles. The number of carbonyl (C=O) groups excluding carboxylic acids is 1. The lowest BCUT2D eigenvalue weighted by atomic mass is 10.0. The number of rotatable bonds is 4. The van der Waals surface area contributed by atoms with Crippen LogP contribution in [0.15, 0.2) is 48.5 Å². The predicted octanol–water partition coefficient (Wildman–Crippen LogP) is 3.83. The number of halogens is 2. The summed E-state index contributed by atoms with van der Waals surface area (Å²) < 4.78 is 12.8. The second-order valence-electron chi connectivity index (χ2n) is 5.44. The van der Waals surface area contributed by atoms with E-state index in [2.05, 4.69) is 5.32 Å². The molecule has 1 saturated carbocycles. The fraction of sp³-hybridized carbons (Fsp3) is 0.235. The number of nitrogens with one attached hydrogen (secondary N) is 1. The molecule has 0 radical (unpaired) electrons. The van der Waals surface area contributed by atoms with Crippen molar-refractivity contribution in [3.8, 4) is 0 Å². The highest BCUT2D eigenvalue weighted by Gasteiger charge is 2.45. The van der Waals surface area contributed by atoms with Crippen molar-refractivity contribution in [2.24, 2.45) is 0 Å². The van der Waals surface area contributed by atoms with E-state index in [0.29, 0.717) is 5.02 Å². The fourth-order valence-electron chi connectivity index (χ4n) is 2.48. The summed E-state index contributed by atoms with van der Waals surface area (Å²) in [5.41, 5.74) is 1.64. The molecule has 4 heteroatoms. The maximum atomic E-state index is 12.8. The van der Waals surface area contributed by atoms with E-state index in [0.717, 1.165) is 24.0 Å². The van der Waals surface area contributed by atoms with Gasteiger partial charge >= 0.3 is 0 Å². The van der Waals surface area contributed by atoms with Crippen molar-refractivity contribution in [1.82, 2.24) is 5.32 Å². The highest BCUT2D eigenvalue weighted by molar-refractivity contribution is 6.30. The second kappa shape index (κ2) is 5.49. The van der Waals surface area contributed by atoms with Gasteiger partial charge in [-0.2, -0.15) is 0 Å². The molecule has 1 aliphatic carbocycles. The van der Waals surface area contributed by atoms with Gasteiger partial charge in [-0.3, -0.25) is 4.79 Å². The predicted molar refractivity (Wildman–Crippen MR) is 80.6 cm³/mol. The zero-order valence-electron chi connectivity index (χ0n) is 11.4. The first-order valence-electron chi connectivity index (χ1n) is 6.89. The van der Waals surface area contributed by atoms with Gasteiger partial charge in [0.05, 0.1) is 12.0 Å². The van der Waals surface area contributed by atoms with Gasteiger partial charge in [-0.25, -0.2) is 4.39 Å². The molecular weight excluding hydrogens is 289 g/mol. The average Bonchev–Trinajstić information content (AvgIpc) is 3.23. The summed E-state index contributed by atoms with van der Waals surface area (Å²) in [5.74, 6) is -0.340. The van der Waals surface area contributed by atoms with Gasteiger partial charge in [-0.05, 0) is 48.2 Å². The molecule has 1 N–H and O–H groups in total. The van der Waals surface area contributed by atoms with Gasteiger partial charge in [0, 0.05) is 5.02 Å². The number of hydrogen-bond acceptors (Lipinski definition) is 1. The van der Waals surface area contributed by atoms with Gasteiger partial charge in [-0.1, -0.05) is 35.9 Å². The SMILES string of the molecule is O=C(Cc1ccc(F)cc1)NC1(c2ccc(Cl)cc2)CC1. The van der Waals surface area contributed by atoms with E-state index in [9.17, 15) is 9.18 Å². The van der Waals surface area contributed by atoms with Gasteiger partial charge in [0.2, 0.25) is 5.91 Å². The normalized spacial score (nSPS) is 15.5. The Labute approximate surface area is 127 Å². The van der Waals surface area contributed by atoms with Crippen molar-refractivity contribution < 1.29 is 9.18 Å². The van der Waals surface area contributed by atoms with Crippen LogP contribution in [-0.4, -0.2) is 5.91 Å². The molecule has 21 heavy (non-hydrogen) atoms. The lowest BCUT2D eigenvalue weighted by Gasteiger charge is -2.18. The summed E-state index contributed by atoms with van der Waals surface area (Å²) in [7, 11) is 0. The molecule has 0 bridgehead atoms. The van der Waals surface area contributed by atoms with E-state index in [1.165, 1.54) is 12.1 Å². The molecule has 0 aromatic heterocycles. The van der Waals surface area contributed by atoms with Crippen LogP contribution in [0.25, 0.3) is 0 Å². The standard InChI is InChI=1S/C17H15ClFNO/c18-14-5-3-13(4-6-14)17(9-10-17)20-16(21)11-12-1-7-15(19)8-2-12/h1-8H,9-11H2,(H,20,21). The Bertz CT molecular complexity index is 647. The molecule has 2 aromatic rings. The van der Waals surface area contributed by atoms with E-state index < -0.39 is 0 Å². The maximum Gasteiger partial charge on any atom is 0.225 e. The zero-order valence-corrected chi connectivity index (χ0v) is 12.2. The first-order chi connectivity index (χ1) is 10.1. The monoisotopic (exact) mass is 303 g/mol. The number of benzene rings is 2. The minimum absolute atomic E-state index is 0.0472. The van der Waals surface area contributed by atoms with Gasteiger partial charge in [0.1, 0.15) is 5.82 Å². The Hall–Kier alpha value is -1.87. The molecule has 3 rings (SSSR count). The lowest BCUT2D eigenvalue weighted by molar-refractivity contribution is -0.121. The molecule has 108 valence electrons. The second-order valence-corrected chi connectivity index (χ2v) is 5.88. The van der Waals surface area contributed by atoms with Crippen LogP contribution >= 0.6 is 11.6 Å². The third-order valence-corrected chi connectivity index (χ3v) is 4.06. The van der Waals surface area contributed by atoms with Crippen molar-refractivity contribution in [3.05, 3.63) is 70.5 Å². The summed E-state index contributed by atoms with van der Waals surface area (Å²) in [5, 5.41) is 3.78.